The monoisotopic (exact) mass is 563 g/mol. The van der Waals surface area contributed by atoms with Crippen LogP contribution in [0.5, 0.6) is 0 Å². The van der Waals surface area contributed by atoms with Crippen LogP contribution in [0.15, 0.2) is 82.8 Å². The number of amides is 1. The maximum atomic E-state index is 13.3. The molecule has 1 amide bonds. The Morgan fingerprint density at radius 3 is 2.16 bits per heavy atom. The first-order valence-electron chi connectivity index (χ1n) is 10.1. The van der Waals surface area contributed by atoms with Gasteiger partial charge >= 0.3 is 12.4 Å². The molecule has 0 atom stereocenters. The van der Waals surface area contributed by atoms with Crippen LogP contribution in [0.4, 0.5) is 32.0 Å². The second-order valence-corrected chi connectivity index (χ2v) is 9.64. The Morgan fingerprint density at radius 1 is 0.919 bits per heavy atom. The fourth-order valence-corrected chi connectivity index (χ4v) is 4.83. The smallest absolute Gasteiger partial charge is 0.271 e. The van der Waals surface area contributed by atoms with Crippen LogP contribution in [0.2, 0.25) is 5.02 Å². The molecule has 3 aromatic rings. The number of carbonyl (C=O) groups is 1. The molecule has 3 rings (SSSR count). The van der Waals surface area contributed by atoms with E-state index in [9.17, 15) is 39.6 Å². The maximum absolute atomic E-state index is 13.3. The van der Waals surface area contributed by atoms with Gasteiger partial charge in [0.05, 0.1) is 32.9 Å². The van der Waals surface area contributed by atoms with Crippen molar-refractivity contribution in [3.8, 4) is 0 Å². The van der Waals surface area contributed by atoms with E-state index in [0.717, 1.165) is 36.4 Å². The molecule has 37 heavy (non-hydrogen) atoms. The first-order chi connectivity index (χ1) is 17.2. The fourth-order valence-electron chi connectivity index (χ4n) is 3.11. The van der Waals surface area contributed by atoms with E-state index in [1.807, 2.05) is 5.43 Å². The summed E-state index contributed by atoms with van der Waals surface area (Å²) in [4.78, 5) is 12.2. The standard InChI is InChI=1S/C23H16ClF6N3O3S/c24-19-11-10-16(22(25,26)27)12-20(19)33(37(35,36)17-7-2-1-3-8-17)14-21(34)32-31-13-15-6-4-5-9-18(15)23(28,29)30/h1-13H,14H2,(H,32,34)/b31-13-. The molecule has 0 saturated carbocycles. The van der Waals surface area contributed by atoms with Crippen LogP contribution in [0.3, 0.4) is 0 Å². The van der Waals surface area contributed by atoms with E-state index in [4.69, 9.17) is 11.6 Å². The summed E-state index contributed by atoms with van der Waals surface area (Å²) in [6, 6.07) is 12.8. The van der Waals surface area contributed by atoms with Crippen LogP contribution >= 0.6 is 11.6 Å². The Balaban J connectivity index is 1.96. The molecule has 0 spiro atoms. The minimum Gasteiger partial charge on any atom is -0.271 e. The van der Waals surface area contributed by atoms with E-state index in [-0.39, 0.29) is 10.5 Å². The number of hydrogen-bond acceptors (Lipinski definition) is 4. The van der Waals surface area contributed by atoms with Crippen LogP contribution in [-0.2, 0) is 27.2 Å². The Labute approximate surface area is 212 Å². The van der Waals surface area contributed by atoms with E-state index < -0.39 is 56.7 Å². The van der Waals surface area contributed by atoms with Gasteiger partial charge in [0.1, 0.15) is 6.54 Å². The van der Waals surface area contributed by atoms with Gasteiger partial charge in [0.25, 0.3) is 15.9 Å². The lowest BCUT2D eigenvalue weighted by molar-refractivity contribution is -0.138. The lowest BCUT2D eigenvalue weighted by atomic mass is 10.1. The third-order valence-electron chi connectivity index (χ3n) is 4.82. The van der Waals surface area contributed by atoms with Crippen molar-refractivity contribution in [2.75, 3.05) is 10.8 Å². The van der Waals surface area contributed by atoms with Crippen LogP contribution in [-0.4, -0.2) is 27.1 Å². The molecular formula is C23H16ClF6N3O3S. The van der Waals surface area contributed by atoms with Crippen LogP contribution in [0, 0.1) is 0 Å². The van der Waals surface area contributed by atoms with Crippen LogP contribution < -0.4 is 9.73 Å². The fraction of sp³-hybridized carbons (Fsp3) is 0.130. The van der Waals surface area contributed by atoms with Gasteiger partial charge in [-0.05, 0) is 36.4 Å². The summed E-state index contributed by atoms with van der Waals surface area (Å²) in [5.41, 5.74) is -1.38. The van der Waals surface area contributed by atoms with Crippen molar-refractivity contribution >= 4 is 39.4 Å². The quantitative estimate of drug-likeness (QED) is 0.227. The van der Waals surface area contributed by atoms with Crippen LogP contribution in [0.25, 0.3) is 0 Å². The zero-order valence-electron chi connectivity index (χ0n) is 18.4. The lowest BCUT2D eigenvalue weighted by Crippen LogP contribution is -2.40. The number of hydrogen-bond donors (Lipinski definition) is 1. The number of alkyl halides is 6. The van der Waals surface area contributed by atoms with Gasteiger partial charge in [0.15, 0.2) is 0 Å². The summed E-state index contributed by atoms with van der Waals surface area (Å²) in [7, 11) is -4.62. The molecule has 6 nitrogen and oxygen atoms in total. The highest BCUT2D eigenvalue weighted by atomic mass is 35.5. The molecule has 14 heteroatoms. The maximum Gasteiger partial charge on any atom is 0.417 e. The SMILES string of the molecule is O=C(CN(c1cc(C(F)(F)F)ccc1Cl)S(=O)(=O)c1ccccc1)N/N=C\c1ccccc1C(F)(F)F. The zero-order chi connectivity index (χ0) is 27.4. The average Bonchev–Trinajstić information content (AvgIpc) is 2.82. The summed E-state index contributed by atoms with van der Waals surface area (Å²) in [6.07, 6.45) is -8.85. The Morgan fingerprint density at radius 2 is 1.54 bits per heavy atom. The molecule has 0 saturated heterocycles. The zero-order valence-corrected chi connectivity index (χ0v) is 20.0. The largest absolute Gasteiger partial charge is 0.417 e. The van der Waals surface area contributed by atoms with Gasteiger partial charge in [-0.2, -0.15) is 31.4 Å². The van der Waals surface area contributed by atoms with E-state index >= 15 is 0 Å². The number of benzene rings is 3. The second-order valence-electron chi connectivity index (χ2n) is 7.37. The van der Waals surface area contributed by atoms with Crippen molar-refractivity contribution in [3.05, 3.63) is 94.5 Å². The lowest BCUT2D eigenvalue weighted by Gasteiger charge is -2.25. The predicted molar refractivity (Wildman–Crippen MR) is 125 cm³/mol. The molecule has 0 fully saturated rings. The molecule has 0 aliphatic rings. The van der Waals surface area contributed by atoms with E-state index in [0.29, 0.717) is 22.7 Å². The molecule has 0 aliphatic carbocycles. The first kappa shape index (κ1) is 28.0. The highest BCUT2D eigenvalue weighted by Crippen LogP contribution is 2.37. The third kappa shape index (κ3) is 6.80. The summed E-state index contributed by atoms with van der Waals surface area (Å²) in [5, 5.41) is 3.04. The van der Waals surface area contributed by atoms with E-state index in [1.165, 1.54) is 24.3 Å². The molecule has 0 aliphatic heterocycles. The molecular weight excluding hydrogens is 548 g/mol. The minimum absolute atomic E-state index is 0.348. The van der Waals surface area contributed by atoms with Gasteiger partial charge in [-0.15, -0.1) is 0 Å². The highest BCUT2D eigenvalue weighted by molar-refractivity contribution is 7.92. The molecule has 0 bridgehead atoms. The highest BCUT2D eigenvalue weighted by Gasteiger charge is 2.35. The van der Waals surface area contributed by atoms with E-state index in [1.54, 1.807) is 0 Å². The van der Waals surface area contributed by atoms with Gasteiger partial charge in [0.2, 0.25) is 0 Å². The molecule has 3 aromatic carbocycles. The Hall–Kier alpha value is -3.58. The van der Waals surface area contributed by atoms with Gasteiger partial charge in [0, 0.05) is 5.56 Å². The van der Waals surface area contributed by atoms with Crippen molar-refractivity contribution in [2.24, 2.45) is 5.10 Å². The summed E-state index contributed by atoms with van der Waals surface area (Å²) >= 11 is 6.02. The molecule has 0 aromatic heterocycles. The molecule has 0 unspecified atom stereocenters. The number of hydrazone groups is 1. The van der Waals surface area contributed by atoms with Gasteiger partial charge in [-0.1, -0.05) is 48.0 Å². The van der Waals surface area contributed by atoms with Crippen molar-refractivity contribution in [3.63, 3.8) is 0 Å². The first-order valence-corrected chi connectivity index (χ1v) is 12.0. The normalized spacial score (nSPS) is 12.5. The van der Waals surface area contributed by atoms with Crippen molar-refractivity contribution in [1.29, 1.82) is 0 Å². The number of sulfonamides is 1. The molecule has 196 valence electrons. The number of rotatable bonds is 7. The third-order valence-corrected chi connectivity index (χ3v) is 6.91. The Bertz CT molecular complexity index is 1410. The molecule has 0 heterocycles. The van der Waals surface area contributed by atoms with E-state index in [2.05, 4.69) is 5.10 Å². The predicted octanol–water partition coefficient (Wildman–Crippen LogP) is 5.72. The van der Waals surface area contributed by atoms with Crippen molar-refractivity contribution in [1.82, 2.24) is 5.43 Å². The number of carbonyl (C=O) groups excluding carboxylic acids is 1. The van der Waals surface area contributed by atoms with Crippen LogP contribution in [0.1, 0.15) is 16.7 Å². The van der Waals surface area contributed by atoms with Crippen molar-refractivity contribution in [2.45, 2.75) is 17.2 Å². The number of nitrogens with one attached hydrogen (secondary N) is 1. The molecule has 1 N–H and O–H groups in total. The van der Waals surface area contributed by atoms with Gasteiger partial charge in [-0.25, -0.2) is 13.8 Å². The Kier molecular flexibility index (Phi) is 8.18. The number of anilines is 1. The minimum atomic E-state index is -4.85. The van der Waals surface area contributed by atoms with Gasteiger partial charge in [-0.3, -0.25) is 9.10 Å². The van der Waals surface area contributed by atoms with Gasteiger partial charge < -0.3 is 0 Å². The summed E-state index contributed by atoms with van der Waals surface area (Å²) in [6.45, 7) is -1.09. The second kappa shape index (κ2) is 10.8. The number of halogens is 7. The number of nitrogens with zero attached hydrogens (tertiary/aromatic N) is 2. The topological polar surface area (TPSA) is 78.8 Å². The summed E-state index contributed by atoms with van der Waals surface area (Å²) in [5.74, 6) is -1.16. The molecule has 0 radical (unpaired) electrons. The summed E-state index contributed by atoms with van der Waals surface area (Å²) < 4.78 is 106. The average molecular weight is 564 g/mol. The van der Waals surface area contributed by atoms with Crippen molar-refractivity contribution < 1.29 is 39.6 Å².